The summed E-state index contributed by atoms with van der Waals surface area (Å²) in [6.45, 7) is 1.29. The number of aliphatic hydroxyl groups is 1. The van der Waals surface area contributed by atoms with Crippen molar-refractivity contribution in [3.8, 4) is 11.3 Å². The molecule has 0 bridgehead atoms. The van der Waals surface area contributed by atoms with Gasteiger partial charge in [-0.05, 0) is 37.0 Å². The van der Waals surface area contributed by atoms with Crippen LogP contribution in [0.2, 0.25) is 0 Å². The molecule has 1 aromatic heterocycles. The van der Waals surface area contributed by atoms with Crippen LogP contribution >= 0.6 is 0 Å². The summed E-state index contributed by atoms with van der Waals surface area (Å²) in [7, 11) is 0. The molecular weight excluding hydrogens is 258 g/mol. The van der Waals surface area contributed by atoms with Gasteiger partial charge in [-0.1, -0.05) is 48.5 Å². The molecule has 0 aliphatic carbocycles. The second-order valence-electron chi connectivity index (χ2n) is 5.39. The van der Waals surface area contributed by atoms with Crippen LogP contribution in [-0.4, -0.2) is 16.3 Å². The molecule has 0 atom stereocenters. The summed E-state index contributed by atoms with van der Waals surface area (Å²) in [5, 5.41) is 10.2. The molecule has 0 saturated heterocycles. The first kappa shape index (κ1) is 13.9. The highest BCUT2D eigenvalue weighted by Crippen LogP contribution is 2.28. The van der Waals surface area contributed by atoms with Crippen molar-refractivity contribution < 1.29 is 5.11 Å². The fourth-order valence-electron chi connectivity index (χ4n) is 2.86. The maximum atomic E-state index is 8.92. The van der Waals surface area contributed by atoms with Gasteiger partial charge in [0.25, 0.3) is 0 Å². The van der Waals surface area contributed by atoms with Gasteiger partial charge in [-0.25, -0.2) is 0 Å². The van der Waals surface area contributed by atoms with Crippen molar-refractivity contribution in [3.63, 3.8) is 0 Å². The third kappa shape index (κ3) is 3.01. The van der Waals surface area contributed by atoms with E-state index in [-0.39, 0.29) is 6.61 Å². The zero-order chi connectivity index (χ0) is 14.5. The number of nitrogens with zero attached hydrogens (tertiary/aromatic N) is 1. The number of aryl methyl sites for hydroxylation is 1. The van der Waals surface area contributed by atoms with Crippen LogP contribution in [0.1, 0.15) is 19.3 Å². The first-order chi connectivity index (χ1) is 10.4. The second kappa shape index (κ2) is 6.59. The highest BCUT2D eigenvalue weighted by Gasteiger charge is 2.09. The Hall–Kier alpha value is -2.06. The number of rotatable bonds is 6. The van der Waals surface area contributed by atoms with Gasteiger partial charge in [-0.2, -0.15) is 0 Å². The summed E-state index contributed by atoms with van der Waals surface area (Å²) < 4.78 is 2.40. The lowest BCUT2D eigenvalue weighted by Gasteiger charge is -2.11. The number of para-hydroxylation sites is 1. The molecule has 0 amide bonds. The normalized spacial score (nSPS) is 11.1. The van der Waals surface area contributed by atoms with Gasteiger partial charge in [-0.15, -0.1) is 0 Å². The van der Waals surface area contributed by atoms with Crippen molar-refractivity contribution in [2.45, 2.75) is 25.8 Å². The van der Waals surface area contributed by atoms with E-state index in [9.17, 15) is 0 Å². The van der Waals surface area contributed by atoms with Crippen molar-refractivity contribution in [2.75, 3.05) is 6.61 Å². The molecule has 3 rings (SSSR count). The number of unbranched alkanes of at least 4 members (excludes halogenated alkanes) is 2. The number of fused-ring (bicyclic) bond motifs is 1. The van der Waals surface area contributed by atoms with Gasteiger partial charge in [0.2, 0.25) is 0 Å². The van der Waals surface area contributed by atoms with Crippen molar-refractivity contribution in [1.29, 1.82) is 0 Å². The lowest BCUT2D eigenvalue weighted by atomic mass is 10.1. The summed E-state index contributed by atoms with van der Waals surface area (Å²) in [5.74, 6) is 0. The van der Waals surface area contributed by atoms with Crippen LogP contribution < -0.4 is 0 Å². The molecule has 108 valence electrons. The molecule has 21 heavy (non-hydrogen) atoms. The van der Waals surface area contributed by atoms with Crippen LogP contribution in [0.5, 0.6) is 0 Å². The lowest BCUT2D eigenvalue weighted by Crippen LogP contribution is -2.00. The molecule has 3 aromatic rings. The highest BCUT2D eigenvalue weighted by atomic mass is 16.2. The van der Waals surface area contributed by atoms with Gasteiger partial charge < -0.3 is 9.67 Å². The summed E-state index contributed by atoms with van der Waals surface area (Å²) in [6.07, 6.45) is 3.05. The Morgan fingerprint density at radius 2 is 1.57 bits per heavy atom. The monoisotopic (exact) mass is 279 g/mol. The first-order valence-corrected chi connectivity index (χ1v) is 7.65. The molecule has 2 nitrogen and oxygen atoms in total. The fraction of sp³-hybridized carbons (Fsp3) is 0.263. The third-order valence-electron chi connectivity index (χ3n) is 3.92. The lowest BCUT2D eigenvalue weighted by molar-refractivity contribution is 0.282. The van der Waals surface area contributed by atoms with Crippen LogP contribution in [-0.2, 0) is 6.54 Å². The summed E-state index contributed by atoms with van der Waals surface area (Å²) in [6, 6.07) is 21.4. The Kier molecular flexibility index (Phi) is 4.37. The van der Waals surface area contributed by atoms with Crippen molar-refractivity contribution in [1.82, 2.24) is 4.57 Å². The van der Waals surface area contributed by atoms with Crippen LogP contribution in [0, 0.1) is 0 Å². The smallest absolute Gasteiger partial charge is 0.0491 e. The average Bonchev–Trinajstić information content (AvgIpc) is 2.91. The van der Waals surface area contributed by atoms with Crippen LogP contribution in [0.15, 0.2) is 60.7 Å². The maximum Gasteiger partial charge on any atom is 0.0491 e. The number of aliphatic hydroxyl groups excluding tert-OH is 1. The zero-order valence-corrected chi connectivity index (χ0v) is 12.2. The minimum absolute atomic E-state index is 0.290. The summed E-state index contributed by atoms with van der Waals surface area (Å²) in [5.41, 5.74) is 3.83. The molecule has 0 spiro atoms. The zero-order valence-electron chi connectivity index (χ0n) is 12.2. The molecule has 1 heterocycles. The fourth-order valence-corrected chi connectivity index (χ4v) is 2.86. The van der Waals surface area contributed by atoms with E-state index in [2.05, 4.69) is 65.2 Å². The van der Waals surface area contributed by atoms with E-state index in [4.69, 9.17) is 5.11 Å². The molecule has 1 N–H and O–H groups in total. The minimum Gasteiger partial charge on any atom is -0.396 e. The van der Waals surface area contributed by atoms with Gasteiger partial charge in [0.1, 0.15) is 0 Å². The Labute approximate surface area is 125 Å². The number of hydrogen-bond acceptors (Lipinski definition) is 1. The van der Waals surface area contributed by atoms with E-state index < -0.39 is 0 Å². The first-order valence-electron chi connectivity index (χ1n) is 7.65. The van der Waals surface area contributed by atoms with Crippen molar-refractivity contribution >= 4 is 10.9 Å². The molecule has 0 fully saturated rings. The molecule has 2 heteroatoms. The third-order valence-corrected chi connectivity index (χ3v) is 3.92. The summed E-state index contributed by atoms with van der Waals surface area (Å²) in [4.78, 5) is 0. The van der Waals surface area contributed by atoms with Gasteiger partial charge in [0.05, 0.1) is 0 Å². The second-order valence-corrected chi connectivity index (χ2v) is 5.39. The van der Waals surface area contributed by atoms with E-state index in [1.165, 1.54) is 22.2 Å². The standard InChI is InChI=1S/C19H21NO/c21-14-8-2-7-13-20-18-12-6-5-11-17(18)15-19(20)16-9-3-1-4-10-16/h1,3-6,9-12,15,21H,2,7-8,13-14H2. The predicted octanol–water partition coefficient (Wildman–Crippen LogP) is 4.47. The Balaban J connectivity index is 1.98. The highest BCUT2D eigenvalue weighted by molar-refractivity contribution is 5.87. The maximum absolute atomic E-state index is 8.92. The molecule has 0 radical (unpaired) electrons. The van der Waals surface area contributed by atoms with Crippen molar-refractivity contribution in [2.24, 2.45) is 0 Å². The van der Waals surface area contributed by atoms with E-state index in [0.717, 1.165) is 25.8 Å². The van der Waals surface area contributed by atoms with Gasteiger partial charge in [-0.3, -0.25) is 0 Å². The quantitative estimate of drug-likeness (QED) is 0.662. The van der Waals surface area contributed by atoms with E-state index in [1.807, 2.05) is 0 Å². The Morgan fingerprint density at radius 1 is 0.810 bits per heavy atom. The molecule has 0 unspecified atom stereocenters. The van der Waals surface area contributed by atoms with Crippen LogP contribution in [0.4, 0.5) is 0 Å². The SMILES string of the molecule is OCCCCCn1c(-c2ccccc2)cc2ccccc21. The predicted molar refractivity (Wildman–Crippen MR) is 88.3 cm³/mol. The topological polar surface area (TPSA) is 25.2 Å². The molecule has 2 aromatic carbocycles. The number of benzene rings is 2. The van der Waals surface area contributed by atoms with Gasteiger partial charge in [0.15, 0.2) is 0 Å². The van der Waals surface area contributed by atoms with E-state index in [0.29, 0.717) is 0 Å². The number of hydrogen-bond donors (Lipinski definition) is 1. The molecule has 0 aliphatic heterocycles. The molecule has 0 aliphatic rings. The van der Waals surface area contributed by atoms with E-state index in [1.54, 1.807) is 0 Å². The van der Waals surface area contributed by atoms with Crippen LogP contribution in [0.3, 0.4) is 0 Å². The Morgan fingerprint density at radius 3 is 2.38 bits per heavy atom. The largest absolute Gasteiger partial charge is 0.396 e. The van der Waals surface area contributed by atoms with Gasteiger partial charge in [0, 0.05) is 29.7 Å². The van der Waals surface area contributed by atoms with Gasteiger partial charge >= 0.3 is 0 Å². The number of aromatic nitrogens is 1. The Bertz CT molecular complexity index is 700. The summed E-state index contributed by atoms with van der Waals surface area (Å²) >= 11 is 0. The average molecular weight is 279 g/mol. The van der Waals surface area contributed by atoms with Crippen molar-refractivity contribution in [3.05, 3.63) is 60.7 Å². The van der Waals surface area contributed by atoms with E-state index >= 15 is 0 Å². The molecular formula is C19H21NO. The van der Waals surface area contributed by atoms with Crippen LogP contribution in [0.25, 0.3) is 22.2 Å². The molecule has 0 saturated carbocycles. The minimum atomic E-state index is 0.290.